The number of rotatable bonds is 7. The fourth-order valence-electron chi connectivity index (χ4n) is 2.14. The highest BCUT2D eigenvalue weighted by Gasteiger charge is 2.15. The van der Waals surface area contributed by atoms with Gasteiger partial charge in [0.1, 0.15) is 0 Å². The fraction of sp³-hybridized carbons (Fsp3) is 0.278. The third-order valence-corrected chi connectivity index (χ3v) is 5.01. The van der Waals surface area contributed by atoms with E-state index >= 15 is 0 Å². The van der Waals surface area contributed by atoms with Crippen molar-refractivity contribution in [3.8, 4) is 0 Å². The van der Waals surface area contributed by atoms with E-state index in [9.17, 15) is 13.2 Å². The van der Waals surface area contributed by atoms with Gasteiger partial charge in [-0.05, 0) is 56.7 Å². The molecule has 134 valence electrons. The molecule has 0 aromatic heterocycles. The summed E-state index contributed by atoms with van der Waals surface area (Å²) in [4.78, 5) is 12.1. The zero-order valence-electron chi connectivity index (χ0n) is 14.3. The lowest BCUT2D eigenvalue weighted by Crippen LogP contribution is -2.28. The number of hydrogen-bond donors (Lipinski definition) is 3. The number of nitrogens with two attached hydrogens (primary N) is 1. The van der Waals surface area contributed by atoms with Gasteiger partial charge in [-0.15, -0.1) is 0 Å². The maximum Gasteiger partial charge on any atom is 0.261 e. The molecule has 0 spiro atoms. The van der Waals surface area contributed by atoms with Crippen molar-refractivity contribution < 1.29 is 13.2 Å². The van der Waals surface area contributed by atoms with Crippen molar-refractivity contribution in [2.24, 2.45) is 5.73 Å². The lowest BCUT2D eigenvalue weighted by atomic mass is 10.2. The number of carbonyl (C=O) groups excluding carboxylic acids is 1. The number of anilines is 1. The molecule has 0 saturated heterocycles. The smallest absolute Gasteiger partial charge is 0.261 e. The first kappa shape index (κ1) is 19.0. The molecule has 2 aromatic carbocycles. The first-order chi connectivity index (χ1) is 11.8. The van der Waals surface area contributed by atoms with E-state index in [4.69, 9.17) is 5.73 Å². The van der Waals surface area contributed by atoms with E-state index in [1.165, 1.54) is 24.3 Å². The maximum atomic E-state index is 12.4. The first-order valence-electron chi connectivity index (χ1n) is 8.01. The zero-order valence-corrected chi connectivity index (χ0v) is 15.1. The van der Waals surface area contributed by atoms with E-state index < -0.39 is 10.0 Å². The number of carbonyl (C=O) groups is 1. The molecule has 6 nitrogen and oxygen atoms in total. The first-order valence-corrected chi connectivity index (χ1v) is 9.49. The van der Waals surface area contributed by atoms with Crippen LogP contribution in [-0.2, 0) is 10.0 Å². The summed E-state index contributed by atoms with van der Waals surface area (Å²) in [6.07, 6.45) is 0.679. The van der Waals surface area contributed by atoms with Gasteiger partial charge in [0.2, 0.25) is 0 Å². The van der Waals surface area contributed by atoms with Crippen LogP contribution < -0.4 is 15.8 Å². The molecule has 0 aliphatic carbocycles. The molecular formula is C18H23N3O3S. The molecule has 0 fully saturated rings. The number of hydrogen-bond acceptors (Lipinski definition) is 4. The van der Waals surface area contributed by atoms with E-state index in [-0.39, 0.29) is 16.8 Å². The molecule has 0 heterocycles. The minimum atomic E-state index is -3.70. The van der Waals surface area contributed by atoms with E-state index in [1.54, 1.807) is 12.1 Å². The summed E-state index contributed by atoms with van der Waals surface area (Å²) in [5.74, 6) is -0.254. The van der Waals surface area contributed by atoms with Crippen LogP contribution in [0.5, 0.6) is 0 Å². The van der Waals surface area contributed by atoms with Crippen LogP contribution in [0.2, 0.25) is 0 Å². The molecule has 4 N–H and O–H groups in total. The summed E-state index contributed by atoms with van der Waals surface area (Å²) in [5.41, 5.74) is 7.57. The Morgan fingerprint density at radius 1 is 1.08 bits per heavy atom. The molecule has 0 aliphatic rings. The third-order valence-electron chi connectivity index (χ3n) is 3.62. The highest BCUT2D eigenvalue weighted by molar-refractivity contribution is 7.92. The lowest BCUT2D eigenvalue weighted by molar-refractivity contribution is 0.0952. The number of amides is 1. The molecule has 1 atom stereocenters. The Hall–Kier alpha value is -2.38. The normalized spacial score (nSPS) is 12.4. The third kappa shape index (κ3) is 5.58. The quantitative estimate of drug-likeness (QED) is 0.704. The Labute approximate surface area is 148 Å². The van der Waals surface area contributed by atoms with Gasteiger partial charge in [0.15, 0.2) is 0 Å². The summed E-state index contributed by atoms with van der Waals surface area (Å²) >= 11 is 0. The van der Waals surface area contributed by atoms with Gasteiger partial charge in [-0.3, -0.25) is 9.52 Å². The molecule has 0 saturated carbocycles. The molecular weight excluding hydrogens is 338 g/mol. The number of aryl methyl sites for hydroxylation is 1. The Kier molecular flexibility index (Phi) is 6.17. The predicted molar refractivity (Wildman–Crippen MR) is 99.0 cm³/mol. The largest absolute Gasteiger partial charge is 0.352 e. The monoisotopic (exact) mass is 361 g/mol. The van der Waals surface area contributed by atoms with Gasteiger partial charge in [0.05, 0.1) is 4.90 Å². The number of nitrogens with one attached hydrogen (secondary N) is 2. The lowest BCUT2D eigenvalue weighted by Gasteiger charge is -2.10. The standard InChI is InChI=1S/C18H23N3O3S/c1-13-3-7-16(8-4-13)21-25(23,24)17-9-5-15(6-10-17)18(22)20-12-11-14(2)19/h3-10,14,21H,11-12,19H2,1-2H3,(H,20,22). The van der Waals surface area contributed by atoms with Gasteiger partial charge in [-0.25, -0.2) is 8.42 Å². The van der Waals surface area contributed by atoms with Gasteiger partial charge < -0.3 is 11.1 Å². The zero-order chi connectivity index (χ0) is 18.4. The molecule has 0 bridgehead atoms. The van der Waals surface area contributed by atoms with Gasteiger partial charge >= 0.3 is 0 Å². The predicted octanol–water partition coefficient (Wildman–Crippen LogP) is 2.26. The van der Waals surface area contributed by atoms with Crippen molar-refractivity contribution in [3.05, 3.63) is 59.7 Å². The highest BCUT2D eigenvalue weighted by atomic mass is 32.2. The summed E-state index contributed by atoms with van der Waals surface area (Å²) in [6.45, 7) is 4.27. The van der Waals surface area contributed by atoms with Crippen molar-refractivity contribution >= 4 is 21.6 Å². The molecule has 0 radical (unpaired) electrons. The summed E-state index contributed by atoms with van der Waals surface area (Å²) in [5, 5.41) is 2.75. The Morgan fingerprint density at radius 3 is 2.24 bits per heavy atom. The molecule has 1 amide bonds. The molecule has 2 rings (SSSR count). The van der Waals surface area contributed by atoms with E-state index in [1.807, 2.05) is 26.0 Å². The van der Waals surface area contributed by atoms with Crippen molar-refractivity contribution in [2.45, 2.75) is 31.2 Å². The topological polar surface area (TPSA) is 101 Å². The van der Waals surface area contributed by atoms with Crippen LogP contribution in [0.4, 0.5) is 5.69 Å². The SMILES string of the molecule is Cc1ccc(NS(=O)(=O)c2ccc(C(=O)NCCC(C)N)cc2)cc1. The highest BCUT2D eigenvalue weighted by Crippen LogP contribution is 2.17. The van der Waals surface area contributed by atoms with Crippen molar-refractivity contribution in [3.63, 3.8) is 0 Å². The van der Waals surface area contributed by atoms with Gasteiger partial charge in [0.25, 0.3) is 15.9 Å². The van der Waals surface area contributed by atoms with E-state index in [0.717, 1.165) is 5.56 Å². The Balaban J connectivity index is 2.05. The second kappa shape index (κ2) is 8.13. The average molecular weight is 361 g/mol. The van der Waals surface area contributed by atoms with Crippen LogP contribution in [0.15, 0.2) is 53.4 Å². The Bertz CT molecular complexity index is 814. The van der Waals surface area contributed by atoms with E-state index in [2.05, 4.69) is 10.0 Å². The number of benzene rings is 2. The summed E-state index contributed by atoms with van der Waals surface area (Å²) in [7, 11) is -3.70. The van der Waals surface area contributed by atoms with Crippen LogP contribution >= 0.6 is 0 Å². The molecule has 7 heteroatoms. The van der Waals surface area contributed by atoms with Gasteiger partial charge in [-0.2, -0.15) is 0 Å². The average Bonchev–Trinajstić information content (AvgIpc) is 2.56. The number of sulfonamides is 1. The Morgan fingerprint density at radius 2 is 1.68 bits per heavy atom. The van der Waals surface area contributed by atoms with E-state index in [0.29, 0.717) is 24.2 Å². The second-order valence-electron chi connectivity index (χ2n) is 6.02. The summed E-state index contributed by atoms with van der Waals surface area (Å²) < 4.78 is 27.3. The minimum absolute atomic E-state index is 0.0145. The van der Waals surface area contributed by atoms with Crippen molar-refractivity contribution in [1.29, 1.82) is 0 Å². The second-order valence-corrected chi connectivity index (χ2v) is 7.70. The maximum absolute atomic E-state index is 12.4. The van der Waals surface area contributed by atoms with Crippen molar-refractivity contribution in [1.82, 2.24) is 5.32 Å². The fourth-order valence-corrected chi connectivity index (χ4v) is 3.20. The molecule has 2 aromatic rings. The van der Waals surface area contributed by atoms with Crippen LogP contribution in [0.25, 0.3) is 0 Å². The van der Waals surface area contributed by atoms with Crippen LogP contribution in [0, 0.1) is 6.92 Å². The molecule has 0 aliphatic heterocycles. The molecule has 25 heavy (non-hydrogen) atoms. The minimum Gasteiger partial charge on any atom is -0.352 e. The van der Waals surface area contributed by atoms with Gasteiger partial charge in [-0.1, -0.05) is 17.7 Å². The van der Waals surface area contributed by atoms with Gasteiger partial charge in [0, 0.05) is 23.8 Å². The molecule has 1 unspecified atom stereocenters. The van der Waals surface area contributed by atoms with Crippen LogP contribution in [0.3, 0.4) is 0 Å². The van der Waals surface area contributed by atoms with Crippen LogP contribution in [0.1, 0.15) is 29.3 Å². The van der Waals surface area contributed by atoms with Crippen LogP contribution in [-0.4, -0.2) is 26.9 Å². The van der Waals surface area contributed by atoms with Crippen molar-refractivity contribution in [2.75, 3.05) is 11.3 Å². The summed E-state index contributed by atoms with van der Waals surface area (Å²) in [6, 6.07) is 12.9.